The van der Waals surface area contributed by atoms with Crippen LogP contribution >= 0.6 is 11.8 Å². The predicted octanol–water partition coefficient (Wildman–Crippen LogP) is 0.709. The first-order chi connectivity index (χ1) is 8.06. The zero-order chi connectivity index (χ0) is 12.5. The third-order valence-corrected chi connectivity index (χ3v) is 7.12. The van der Waals surface area contributed by atoms with E-state index in [0.717, 1.165) is 31.6 Å². The van der Waals surface area contributed by atoms with E-state index in [1.807, 2.05) is 4.90 Å². The molecule has 17 heavy (non-hydrogen) atoms. The van der Waals surface area contributed by atoms with Gasteiger partial charge in [0.2, 0.25) is 0 Å². The van der Waals surface area contributed by atoms with E-state index in [-0.39, 0.29) is 23.3 Å². The molecule has 1 N–H and O–H groups in total. The molecule has 3 atom stereocenters. The smallest absolute Gasteiger partial charge is 0.166 e. The first kappa shape index (κ1) is 13.6. The van der Waals surface area contributed by atoms with Crippen LogP contribution in [0.1, 0.15) is 26.2 Å². The van der Waals surface area contributed by atoms with Crippen molar-refractivity contribution in [2.75, 3.05) is 23.8 Å². The van der Waals surface area contributed by atoms with Gasteiger partial charge >= 0.3 is 0 Å². The molecule has 2 aliphatic rings. The SMILES string of the molecule is CCS(=O)(=O)C1CSCCN1[C@@H]1CCC[C@H]1O. The van der Waals surface area contributed by atoms with Gasteiger partial charge in [0.25, 0.3) is 0 Å². The topological polar surface area (TPSA) is 57.6 Å². The Hall–Kier alpha value is 0.220. The van der Waals surface area contributed by atoms with Crippen molar-refractivity contribution in [1.82, 2.24) is 4.90 Å². The number of hydrogen-bond acceptors (Lipinski definition) is 5. The summed E-state index contributed by atoms with van der Waals surface area (Å²) < 4.78 is 24.2. The fourth-order valence-corrected chi connectivity index (χ4v) is 5.86. The number of aliphatic hydroxyl groups is 1. The Balaban J connectivity index is 2.17. The minimum absolute atomic E-state index is 0.0576. The van der Waals surface area contributed by atoms with Crippen molar-refractivity contribution in [3.63, 3.8) is 0 Å². The van der Waals surface area contributed by atoms with Gasteiger partial charge in [-0.05, 0) is 19.3 Å². The van der Waals surface area contributed by atoms with E-state index in [2.05, 4.69) is 0 Å². The van der Waals surface area contributed by atoms with Crippen molar-refractivity contribution in [3.8, 4) is 0 Å². The Labute approximate surface area is 108 Å². The van der Waals surface area contributed by atoms with Crippen molar-refractivity contribution >= 4 is 21.6 Å². The standard InChI is InChI=1S/C11H21NO3S2/c1-2-17(14,15)11-8-16-7-6-12(11)9-4-3-5-10(9)13/h9-11,13H,2-8H2,1H3/t9-,10-,11?/m1/s1. The van der Waals surface area contributed by atoms with E-state index in [1.54, 1.807) is 18.7 Å². The number of nitrogens with zero attached hydrogens (tertiary/aromatic N) is 1. The molecule has 0 amide bonds. The van der Waals surface area contributed by atoms with Gasteiger partial charge in [-0.2, -0.15) is 11.8 Å². The van der Waals surface area contributed by atoms with Crippen LogP contribution in [0.2, 0.25) is 0 Å². The van der Waals surface area contributed by atoms with Crippen LogP contribution in [-0.2, 0) is 9.84 Å². The quantitative estimate of drug-likeness (QED) is 0.824. The van der Waals surface area contributed by atoms with Gasteiger partial charge in [-0.1, -0.05) is 6.92 Å². The summed E-state index contributed by atoms with van der Waals surface area (Å²) in [4.78, 5) is 2.05. The third kappa shape index (κ3) is 2.80. The van der Waals surface area contributed by atoms with Crippen molar-refractivity contribution in [1.29, 1.82) is 0 Å². The van der Waals surface area contributed by atoms with Crippen LogP contribution in [0, 0.1) is 0 Å². The van der Waals surface area contributed by atoms with Gasteiger partial charge in [-0.3, -0.25) is 4.90 Å². The largest absolute Gasteiger partial charge is 0.391 e. The number of thioether (sulfide) groups is 1. The van der Waals surface area contributed by atoms with Gasteiger partial charge in [-0.15, -0.1) is 0 Å². The zero-order valence-electron chi connectivity index (χ0n) is 10.2. The zero-order valence-corrected chi connectivity index (χ0v) is 11.8. The Morgan fingerprint density at radius 1 is 1.41 bits per heavy atom. The molecule has 1 saturated heterocycles. The number of hydrogen-bond donors (Lipinski definition) is 1. The van der Waals surface area contributed by atoms with E-state index in [1.165, 1.54) is 0 Å². The summed E-state index contributed by atoms with van der Waals surface area (Å²) in [6.07, 6.45) is 2.41. The van der Waals surface area contributed by atoms with Gasteiger partial charge in [-0.25, -0.2) is 8.42 Å². The highest BCUT2D eigenvalue weighted by Gasteiger charge is 2.40. The fourth-order valence-electron chi connectivity index (χ4n) is 2.78. The number of aliphatic hydroxyl groups excluding tert-OH is 1. The molecule has 4 nitrogen and oxygen atoms in total. The lowest BCUT2D eigenvalue weighted by Crippen LogP contribution is -2.54. The summed E-state index contributed by atoms with van der Waals surface area (Å²) in [6.45, 7) is 2.49. The van der Waals surface area contributed by atoms with Crippen LogP contribution in [-0.4, -0.2) is 59.7 Å². The molecule has 1 saturated carbocycles. The summed E-state index contributed by atoms with van der Waals surface area (Å²) in [7, 11) is -3.04. The molecular formula is C11H21NO3S2. The lowest BCUT2D eigenvalue weighted by Gasteiger charge is -2.40. The Morgan fingerprint density at radius 2 is 2.18 bits per heavy atom. The number of sulfone groups is 1. The highest BCUT2D eigenvalue weighted by Crippen LogP contribution is 2.31. The first-order valence-corrected chi connectivity index (χ1v) is 9.16. The average molecular weight is 279 g/mol. The van der Waals surface area contributed by atoms with Crippen LogP contribution in [0.15, 0.2) is 0 Å². The van der Waals surface area contributed by atoms with Gasteiger partial charge in [0.1, 0.15) is 5.37 Å². The van der Waals surface area contributed by atoms with E-state index in [4.69, 9.17) is 0 Å². The third-order valence-electron chi connectivity index (χ3n) is 3.81. The molecular weight excluding hydrogens is 258 g/mol. The summed E-state index contributed by atoms with van der Waals surface area (Å²) in [5, 5.41) is 9.57. The molecule has 2 rings (SSSR count). The summed E-state index contributed by atoms with van der Waals surface area (Å²) >= 11 is 1.71. The molecule has 0 aromatic heterocycles. The molecule has 0 spiro atoms. The second-order valence-corrected chi connectivity index (χ2v) is 8.38. The summed E-state index contributed by atoms with van der Waals surface area (Å²) in [5.41, 5.74) is 0. The molecule has 0 bridgehead atoms. The van der Waals surface area contributed by atoms with E-state index >= 15 is 0 Å². The van der Waals surface area contributed by atoms with Gasteiger partial charge in [0, 0.05) is 29.8 Å². The van der Waals surface area contributed by atoms with Crippen LogP contribution in [0.4, 0.5) is 0 Å². The Kier molecular flexibility index (Phi) is 4.39. The van der Waals surface area contributed by atoms with Crippen LogP contribution < -0.4 is 0 Å². The molecule has 100 valence electrons. The van der Waals surface area contributed by atoms with E-state index < -0.39 is 9.84 Å². The monoisotopic (exact) mass is 279 g/mol. The maximum Gasteiger partial charge on any atom is 0.166 e. The molecule has 2 fully saturated rings. The van der Waals surface area contributed by atoms with E-state index in [0.29, 0.717) is 5.75 Å². The normalized spacial score (nSPS) is 36.2. The van der Waals surface area contributed by atoms with Crippen LogP contribution in [0.5, 0.6) is 0 Å². The fraction of sp³-hybridized carbons (Fsp3) is 1.00. The van der Waals surface area contributed by atoms with Crippen LogP contribution in [0.3, 0.4) is 0 Å². The molecule has 1 unspecified atom stereocenters. The molecule has 1 aliphatic heterocycles. The Bertz CT molecular complexity index is 358. The van der Waals surface area contributed by atoms with Crippen molar-refractivity contribution < 1.29 is 13.5 Å². The van der Waals surface area contributed by atoms with Gasteiger partial charge in [0.15, 0.2) is 9.84 Å². The van der Waals surface area contributed by atoms with Crippen molar-refractivity contribution in [2.45, 2.75) is 43.7 Å². The second kappa shape index (κ2) is 5.47. The number of rotatable bonds is 3. The first-order valence-electron chi connectivity index (χ1n) is 6.29. The molecule has 6 heteroatoms. The maximum absolute atomic E-state index is 12.1. The second-order valence-electron chi connectivity index (χ2n) is 4.78. The molecule has 0 aromatic carbocycles. The minimum atomic E-state index is -3.04. The van der Waals surface area contributed by atoms with Crippen LogP contribution in [0.25, 0.3) is 0 Å². The molecule has 0 radical (unpaired) electrons. The lowest BCUT2D eigenvalue weighted by atomic mass is 10.2. The van der Waals surface area contributed by atoms with Gasteiger partial charge in [0.05, 0.1) is 6.10 Å². The highest BCUT2D eigenvalue weighted by atomic mass is 32.2. The predicted molar refractivity (Wildman–Crippen MR) is 70.9 cm³/mol. The molecule has 1 aliphatic carbocycles. The minimum Gasteiger partial charge on any atom is -0.391 e. The van der Waals surface area contributed by atoms with Crippen molar-refractivity contribution in [2.24, 2.45) is 0 Å². The lowest BCUT2D eigenvalue weighted by molar-refractivity contribution is 0.0682. The van der Waals surface area contributed by atoms with Gasteiger partial charge < -0.3 is 5.11 Å². The highest BCUT2D eigenvalue weighted by molar-refractivity contribution is 8.01. The maximum atomic E-state index is 12.1. The van der Waals surface area contributed by atoms with E-state index in [9.17, 15) is 13.5 Å². The summed E-state index contributed by atoms with van der Waals surface area (Å²) in [6, 6.07) is 0.0576. The Morgan fingerprint density at radius 3 is 2.76 bits per heavy atom. The molecule has 1 heterocycles. The molecule has 0 aromatic rings. The average Bonchev–Trinajstić information content (AvgIpc) is 2.75. The van der Waals surface area contributed by atoms with Crippen molar-refractivity contribution in [3.05, 3.63) is 0 Å². The summed E-state index contributed by atoms with van der Waals surface area (Å²) in [5.74, 6) is 1.82.